The van der Waals surface area contributed by atoms with Gasteiger partial charge in [0.05, 0.1) is 10.9 Å². The standard InChI is InChI=1S/C13H11BrFNO/c14-8-5-6-9(15)11-12(8)16-10-4-2-1-3-7(10)13(11)17/h5-6H,1-4H2,(H,16,17). The van der Waals surface area contributed by atoms with Crippen LogP contribution in [0.4, 0.5) is 4.39 Å². The Kier molecular flexibility index (Phi) is 2.54. The van der Waals surface area contributed by atoms with Crippen molar-refractivity contribution in [1.82, 2.24) is 4.98 Å². The number of aromatic nitrogens is 1. The molecule has 0 atom stereocenters. The van der Waals surface area contributed by atoms with E-state index in [1.54, 1.807) is 6.07 Å². The number of H-pyrrole nitrogens is 1. The van der Waals surface area contributed by atoms with Crippen molar-refractivity contribution in [2.75, 3.05) is 0 Å². The number of nitrogens with one attached hydrogen (secondary N) is 1. The van der Waals surface area contributed by atoms with Crippen LogP contribution < -0.4 is 5.43 Å². The Bertz CT molecular complexity index is 662. The van der Waals surface area contributed by atoms with Crippen LogP contribution in [-0.4, -0.2) is 4.98 Å². The second-order valence-electron chi connectivity index (χ2n) is 4.40. The minimum Gasteiger partial charge on any atom is -0.357 e. The van der Waals surface area contributed by atoms with Crippen LogP contribution in [0.3, 0.4) is 0 Å². The number of benzene rings is 1. The SMILES string of the molecule is O=c1c2c([nH]c3c(Br)ccc(F)c13)CCCC2. The van der Waals surface area contributed by atoms with E-state index in [2.05, 4.69) is 20.9 Å². The molecule has 17 heavy (non-hydrogen) atoms. The first-order valence-electron chi connectivity index (χ1n) is 5.70. The number of aryl methyl sites for hydroxylation is 1. The third-order valence-corrected chi connectivity index (χ3v) is 4.01. The van der Waals surface area contributed by atoms with Crippen LogP contribution in [0.1, 0.15) is 24.1 Å². The summed E-state index contributed by atoms with van der Waals surface area (Å²) in [6.07, 6.45) is 3.73. The lowest BCUT2D eigenvalue weighted by molar-refractivity contribution is 0.635. The summed E-state index contributed by atoms with van der Waals surface area (Å²) in [7, 11) is 0. The molecule has 3 rings (SSSR count). The number of rotatable bonds is 0. The van der Waals surface area contributed by atoms with Crippen LogP contribution in [0, 0.1) is 5.82 Å². The molecule has 0 saturated heterocycles. The highest BCUT2D eigenvalue weighted by atomic mass is 79.9. The Morgan fingerprint density at radius 3 is 2.82 bits per heavy atom. The van der Waals surface area contributed by atoms with Crippen molar-refractivity contribution in [3.63, 3.8) is 0 Å². The number of aromatic amines is 1. The maximum Gasteiger partial charge on any atom is 0.195 e. The monoisotopic (exact) mass is 295 g/mol. The van der Waals surface area contributed by atoms with Gasteiger partial charge in [0, 0.05) is 15.7 Å². The van der Waals surface area contributed by atoms with Gasteiger partial charge >= 0.3 is 0 Å². The van der Waals surface area contributed by atoms with Crippen LogP contribution in [0.15, 0.2) is 21.4 Å². The number of hydrogen-bond acceptors (Lipinski definition) is 1. The van der Waals surface area contributed by atoms with Crippen LogP contribution in [-0.2, 0) is 12.8 Å². The van der Waals surface area contributed by atoms with Crippen molar-refractivity contribution >= 4 is 26.8 Å². The zero-order valence-corrected chi connectivity index (χ0v) is 10.7. The van der Waals surface area contributed by atoms with Gasteiger partial charge in [-0.1, -0.05) is 0 Å². The van der Waals surface area contributed by atoms with Gasteiger partial charge in [0.15, 0.2) is 5.43 Å². The molecule has 1 aromatic heterocycles. The molecule has 0 amide bonds. The summed E-state index contributed by atoms with van der Waals surface area (Å²) < 4.78 is 14.5. The zero-order valence-electron chi connectivity index (χ0n) is 9.15. The molecule has 0 aliphatic heterocycles. The maximum absolute atomic E-state index is 13.8. The van der Waals surface area contributed by atoms with Gasteiger partial charge in [0.1, 0.15) is 5.82 Å². The molecule has 1 N–H and O–H groups in total. The van der Waals surface area contributed by atoms with Crippen molar-refractivity contribution in [2.24, 2.45) is 0 Å². The van der Waals surface area contributed by atoms with Gasteiger partial charge < -0.3 is 4.98 Å². The van der Waals surface area contributed by atoms with E-state index in [1.165, 1.54) is 6.07 Å². The van der Waals surface area contributed by atoms with Gasteiger partial charge in [-0.2, -0.15) is 0 Å². The van der Waals surface area contributed by atoms with Crippen LogP contribution in [0.25, 0.3) is 10.9 Å². The molecule has 2 aromatic rings. The van der Waals surface area contributed by atoms with Crippen LogP contribution in [0.2, 0.25) is 0 Å². The lowest BCUT2D eigenvalue weighted by Crippen LogP contribution is -2.19. The van der Waals surface area contributed by atoms with E-state index in [9.17, 15) is 9.18 Å². The van der Waals surface area contributed by atoms with Crippen LogP contribution >= 0.6 is 15.9 Å². The summed E-state index contributed by atoms with van der Waals surface area (Å²) in [4.78, 5) is 15.5. The molecule has 88 valence electrons. The number of hydrogen-bond donors (Lipinski definition) is 1. The Morgan fingerprint density at radius 2 is 2.00 bits per heavy atom. The quantitative estimate of drug-likeness (QED) is 0.795. The fourth-order valence-electron chi connectivity index (χ4n) is 2.49. The average Bonchev–Trinajstić information content (AvgIpc) is 2.34. The fourth-order valence-corrected chi connectivity index (χ4v) is 2.92. The second kappa shape index (κ2) is 3.95. The molecule has 0 fully saturated rings. The van der Waals surface area contributed by atoms with Gasteiger partial charge in [0.2, 0.25) is 0 Å². The fraction of sp³-hybridized carbons (Fsp3) is 0.308. The molecular weight excluding hydrogens is 285 g/mol. The molecule has 1 aromatic carbocycles. The summed E-state index contributed by atoms with van der Waals surface area (Å²) in [5.74, 6) is -0.446. The van der Waals surface area contributed by atoms with Gasteiger partial charge in [-0.25, -0.2) is 4.39 Å². The van der Waals surface area contributed by atoms with Crippen molar-refractivity contribution in [3.8, 4) is 0 Å². The second-order valence-corrected chi connectivity index (χ2v) is 5.25. The first kappa shape index (κ1) is 11.0. The molecule has 4 heteroatoms. The average molecular weight is 296 g/mol. The Hall–Kier alpha value is -1.16. The third kappa shape index (κ3) is 1.62. The highest BCUT2D eigenvalue weighted by Crippen LogP contribution is 2.26. The number of pyridine rings is 1. The molecule has 0 spiro atoms. The van der Waals surface area contributed by atoms with Gasteiger partial charge in [-0.3, -0.25) is 4.79 Å². The third-order valence-electron chi connectivity index (χ3n) is 3.35. The van der Waals surface area contributed by atoms with Gasteiger partial charge in [-0.05, 0) is 53.7 Å². The Balaban J connectivity index is 2.48. The molecule has 1 heterocycles. The van der Waals surface area contributed by atoms with E-state index in [0.717, 1.165) is 41.4 Å². The summed E-state index contributed by atoms with van der Waals surface area (Å²) >= 11 is 3.36. The van der Waals surface area contributed by atoms with E-state index in [-0.39, 0.29) is 10.8 Å². The maximum atomic E-state index is 13.8. The largest absolute Gasteiger partial charge is 0.357 e. The normalized spacial score (nSPS) is 14.9. The predicted molar refractivity (Wildman–Crippen MR) is 68.9 cm³/mol. The summed E-state index contributed by atoms with van der Waals surface area (Å²) in [5, 5.41) is 0.181. The van der Waals surface area contributed by atoms with E-state index in [1.807, 2.05) is 0 Å². The zero-order chi connectivity index (χ0) is 12.0. The topological polar surface area (TPSA) is 32.9 Å². The molecule has 0 unspecified atom stereocenters. The molecular formula is C13H11BrFNO. The molecule has 0 radical (unpaired) electrons. The van der Waals surface area contributed by atoms with E-state index >= 15 is 0 Å². The van der Waals surface area contributed by atoms with Crippen molar-refractivity contribution < 1.29 is 4.39 Å². The first-order chi connectivity index (χ1) is 8.18. The number of fused-ring (bicyclic) bond motifs is 2. The van der Waals surface area contributed by atoms with E-state index in [0.29, 0.717) is 5.52 Å². The molecule has 2 nitrogen and oxygen atoms in total. The minimum absolute atomic E-state index is 0.146. The lowest BCUT2D eigenvalue weighted by Gasteiger charge is -2.16. The van der Waals surface area contributed by atoms with Crippen molar-refractivity contribution in [3.05, 3.63) is 43.9 Å². The highest BCUT2D eigenvalue weighted by Gasteiger charge is 2.18. The Labute approximate surface area is 106 Å². The Morgan fingerprint density at radius 1 is 1.24 bits per heavy atom. The van der Waals surface area contributed by atoms with E-state index in [4.69, 9.17) is 0 Å². The molecule has 1 aliphatic rings. The van der Waals surface area contributed by atoms with Crippen LogP contribution in [0.5, 0.6) is 0 Å². The van der Waals surface area contributed by atoms with Crippen molar-refractivity contribution in [1.29, 1.82) is 0 Å². The van der Waals surface area contributed by atoms with Crippen molar-refractivity contribution in [2.45, 2.75) is 25.7 Å². The summed E-state index contributed by atoms with van der Waals surface area (Å²) in [6.45, 7) is 0. The predicted octanol–water partition coefficient (Wildman–Crippen LogP) is 3.31. The summed E-state index contributed by atoms with van der Waals surface area (Å²) in [6, 6.07) is 2.96. The minimum atomic E-state index is -0.446. The number of halogens is 2. The molecule has 0 saturated carbocycles. The first-order valence-corrected chi connectivity index (χ1v) is 6.49. The molecule has 1 aliphatic carbocycles. The van der Waals surface area contributed by atoms with Gasteiger partial charge in [0.25, 0.3) is 0 Å². The molecule has 0 bridgehead atoms. The summed E-state index contributed by atoms with van der Waals surface area (Å²) in [5.41, 5.74) is 2.17. The van der Waals surface area contributed by atoms with E-state index < -0.39 is 5.82 Å². The highest BCUT2D eigenvalue weighted by molar-refractivity contribution is 9.10. The lowest BCUT2D eigenvalue weighted by atomic mass is 9.94. The smallest absolute Gasteiger partial charge is 0.195 e. The van der Waals surface area contributed by atoms with Gasteiger partial charge in [-0.15, -0.1) is 0 Å².